The van der Waals surface area contributed by atoms with Gasteiger partial charge in [-0.2, -0.15) is 0 Å². The molecule has 0 aliphatic rings. The van der Waals surface area contributed by atoms with Gasteiger partial charge >= 0.3 is 0 Å². The molecule has 0 aliphatic carbocycles. The summed E-state index contributed by atoms with van der Waals surface area (Å²) in [6, 6.07) is 3.55. The van der Waals surface area contributed by atoms with E-state index in [0.29, 0.717) is 10.6 Å². The number of hydrogen-bond acceptors (Lipinski definition) is 3. The first-order valence-electron chi connectivity index (χ1n) is 5.01. The van der Waals surface area contributed by atoms with Crippen LogP contribution in [-0.2, 0) is 0 Å². The highest BCUT2D eigenvalue weighted by atomic mass is 35.5. The molecule has 2 N–H and O–H groups in total. The van der Waals surface area contributed by atoms with Gasteiger partial charge in [0.05, 0.1) is 17.5 Å². The van der Waals surface area contributed by atoms with Gasteiger partial charge < -0.3 is 14.6 Å². The van der Waals surface area contributed by atoms with Crippen molar-refractivity contribution in [3.05, 3.63) is 35.2 Å². The molecule has 1 unspecified atom stereocenters. The van der Waals surface area contributed by atoms with Gasteiger partial charge in [0, 0.05) is 22.4 Å². The number of nitrogens with two attached hydrogens (primary N) is 1. The van der Waals surface area contributed by atoms with Gasteiger partial charge in [-0.1, -0.05) is 11.6 Å². The number of hydrogen-bond donors (Lipinski definition) is 1. The first-order valence-corrected chi connectivity index (χ1v) is 5.39. The van der Waals surface area contributed by atoms with E-state index in [0.717, 1.165) is 21.9 Å². The molecule has 3 nitrogen and oxygen atoms in total. The van der Waals surface area contributed by atoms with Gasteiger partial charge in [-0.05, 0) is 19.1 Å². The minimum Gasteiger partial charge on any atom is -0.464 e. The second-order valence-electron chi connectivity index (χ2n) is 3.84. The molecule has 0 amide bonds. The van der Waals surface area contributed by atoms with Crippen LogP contribution in [0.25, 0.3) is 21.9 Å². The van der Waals surface area contributed by atoms with E-state index in [1.54, 1.807) is 12.5 Å². The minimum absolute atomic E-state index is 0.133. The summed E-state index contributed by atoms with van der Waals surface area (Å²) in [5, 5.41) is 2.34. The summed E-state index contributed by atoms with van der Waals surface area (Å²) in [5.41, 5.74) is 8.32. The molecule has 82 valence electrons. The largest absolute Gasteiger partial charge is 0.464 e. The zero-order valence-corrected chi connectivity index (χ0v) is 9.41. The molecule has 0 bridgehead atoms. The van der Waals surface area contributed by atoms with Crippen LogP contribution in [0, 0.1) is 0 Å². The minimum atomic E-state index is -0.133. The lowest BCUT2D eigenvalue weighted by Crippen LogP contribution is -2.05. The summed E-state index contributed by atoms with van der Waals surface area (Å²) < 4.78 is 10.9. The first kappa shape index (κ1) is 9.75. The molecule has 1 atom stereocenters. The van der Waals surface area contributed by atoms with Gasteiger partial charge in [0.15, 0.2) is 5.58 Å². The molecule has 2 aromatic heterocycles. The van der Waals surface area contributed by atoms with Crippen LogP contribution >= 0.6 is 11.6 Å². The summed E-state index contributed by atoms with van der Waals surface area (Å²) in [6.45, 7) is 1.91. The molecule has 2 heterocycles. The van der Waals surface area contributed by atoms with Crippen molar-refractivity contribution in [1.82, 2.24) is 0 Å². The normalized spacial score (nSPS) is 13.7. The van der Waals surface area contributed by atoms with Crippen LogP contribution in [0.1, 0.15) is 18.5 Å². The van der Waals surface area contributed by atoms with Gasteiger partial charge in [-0.3, -0.25) is 0 Å². The van der Waals surface area contributed by atoms with E-state index in [4.69, 9.17) is 26.2 Å². The Morgan fingerprint density at radius 1 is 1.12 bits per heavy atom. The van der Waals surface area contributed by atoms with E-state index in [2.05, 4.69) is 0 Å². The maximum Gasteiger partial charge on any atom is 0.153 e. The molecule has 0 spiro atoms. The van der Waals surface area contributed by atoms with Crippen LogP contribution in [0.4, 0.5) is 0 Å². The van der Waals surface area contributed by atoms with Crippen LogP contribution in [0.2, 0.25) is 5.02 Å². The van der Waals surface area contributed by atoms with E-state index in [1.807, 2.05) is 19.1 Å². The number of furan rings is 2. The van der Waals surface area contributed by atoms with Crippen LogP contribution in [0.15, 0.2) is 33.5 Å². The average Bonchev–Trinajstić information content (AvgIpc) is 2.84. The highest BCUT2D eigenvalue weighted by Gasteiger charge is 2.19. The Morgan fingerprint density at radius 3 is 2.44 bits per heavy atom. The molecule has 0 saturated heterocycles. The molecule has 16 heavy (non-hydrogen) atoms. The van der Waals surface area contributed by atoms with Crippen LogP contribution in [-0.4, -0.2) is 0 Å². The highest BCUT2D eigenvalue weighted by Crippen LogP contribution is 2.39. The van der Waals surface area contributed by atoms with Gasteiger partial charge in [-0.25, -0.2) is 0 Å². The highest BCUT2D eigenvalue weighted by molar-refractivity contribution is 6.40. The third kappa shape index (κ3) is 1.13. The second-order valence-corrected chi connectivity index (χ2v) is 4.22. The Morgan fingerprint density at radius 2 is 1.75 bits per heavy atom. The van der Waals surface area contributed by atoms with Gasteiger partial charge in [0.25, 0.3) is 0 Å². The van der Waals surface area contributed by atoms with Crippen molar-refractivity contribution in [2.45, 2.75) is 13.0 Å². The van der Waals surface area contributed by atoms with Crippen molar-refractivity contribution in [3.8, 4) is 0 Å². The fraction of sp³-hybridized carbons (Fsp3) is 0.167. The molecular weight excluding hydrogens is 226 g/mol. The van der Waals surface area contributed by atoms with Crippen molar-refractivity contribution in [1.29, 1.82) is 0 Å². The number of halogens is 1. The van der Waals surface area contributed by atoms with Crippen molar-refractivity contribution in [3.63, 3.8) is 0 Å². The molecule has 0 saturated carbocycles. The number of benzene rings is 1. The van der Waals surface area contributed by atoms with Crippen molar-refractivity contribution in [2.24, 2.45) is 5.73 Å². The Hall–Kier alpha value is -1.45. The molecular formula is C12H10ClNO2. The fourth-order valence-electron chi connectivity index (χ4n) is 2.08. The smallest absolute Gasteiger partial charge is 0.153 e. The lowest BCUT2D eigenvalue weighted by molar-refractivity contribution is 0.604. The van der Waals surface area contributed by atoms with Gasteiger partial charge in [-0.15, -0.1) is 0 Å². The van der Waals surface area contributed by atoms with Crippen LogP contribution in [0.5, 0.6) is 0 Å². The quantitative estimate of drug-likeness (QED) is 0.697. The summed E-state index contributed by atoms with van der Waals surface area (Å²) in [6.07, 6.45) is 3.22. The summed E-state index contributed by atoms with van der Waals surface area (Å²) in [7, 11) is 0. The van der Waals surface area contributed by atoms with E-state index in [9.17, 15) is 0 Å². The molecule has 3 aromatic rings. The van der Waals surface area contributed by atoms with E-state index >= 15 is 0 Å². The standard InChI is InChI=1S/C12H10ClNO2/c1-6(14)9-7-2-4-16-12(7)10(13)8-3-5-15-11(8)9/h2-6H,14H2,1H3. The lowest BCUT2D eigenvalue weighted by Gasteiger charge is -2.08. The van der Waals surface area contributed by atoms with E-state index in [-0.39, 0.29) is 6.04 Å². The van der Waals surface area contributed by atoms with Gasteiger partial charge in [0.2, 0.25) is 0 Å². The van der Waals surface area contributed by atoms with E-state index in [1.165, 1.54) is 0 Å². The zero-order chi connectivity index (χ0) is 11.3. The number of rotatable bonds is 1. The first-order chi connectivity index (χ1) is 7.70. The van der Waals surface area contributed by atoms with Crippen molar-refractivity contribution >= 4 is 33.5 Å². The molecule has 0 fully saturated rings. The van der Waals surface area contributed by atoms with E-state index < -0.39 is 0 Å². The molecule has 0 aliphatic heterocycles. The predicted octanol–water partition coefficient (Wildman–Crippen LogP) is 3.85. The zero-order valence-electron chi connectivity index (χ0n) is 8.66. The van der Waals surface area contributed by atoms with Crippen molar-refractivity contribution in [2.75, 3.05) is 0 Å². The Bertz CT molecular complexity index is 614. The Labute approximate surface area is 96.8 Å². The monoisotopic (exact) mass is 235 g/mol. The Balaban J connectivity index is 2.62. The topological polar surface area (TPSA) is 52.3 Å². The van der Waals surface area contributed by atoms with Crippen LogP contribution in [0.3, 0.4) is 0 Å². The fourth-order valence-corrected chi connectivity index (χ4v) is 2.37. The molecule has 4 heteroatoms. The SMILES string of the molecule is CC(N)c1c2ccoc2c(Cl)c2ccoc12. The molecule has 3 rings (SSSR count). The third-order valence-corrected chi connectivity index (χ3v) is 3.13. The second kappa shape index (κ2) is 3.27. The maximum absolute atomic E-state index is 6.24. The van der Waals surface area contributed by atoms with Gasteiger partial charge in [0.1, 0.15) is 5.58 Å². The third-order valence-electron chi connectivity index (χ3n) is 2.76. The lowest BCUT2D eigenvalue weighted by atomic mass is 10.0. The molecule has 0 radical (unpaired) electrons. The number of fused-ring (bicyclic) bond motifs is 2. The summed E-state index contributed by atoms with van der Waals surface area (Å²) >= 11 is 6.24. The average molecular weight is 236 g/mol. The predicted molar refractivity (Wildman–Crippen MR) is 63.6 cm³/mol. The Kier molecular flexibility index (Phi) is 1.99. The summed E-state index contributed by atoms with van der Waals surface area (Å²) in [5.74, 6) is 0. The van der Waals surface area contributed by atoms with Crippen LogP contribution < -0.4 is 5.73 Å². The maximum atomic E-state index is 6.24. The summed E-state index contributed by atoms with van der Waals surface area (Å²) in [4.78, 5) is 0. The van der Waals surface area contributed by atoms with Crippen molar-refractivity contribution < 1.29 is 8.83 Å². The molecule has 1 aromatic carbocycles.